The summed E-state index contributed by atoms with van der Waals surface area (Å²) in [5.41, 5.74) is 0. The molecular weight excluding hydrogens is 286 g/mol. The van der Waals surface area contributed by atoms with Crippen molar-refractivity contribution in [1.82, 2.24) is 0 Å². The van der Waals surface area contributed by atoms with Crippen molar-refractivity contribution in [1.29, 1.82) is 0 Å². The van der Waals surface area contributed by atoms with Gasteiger partial charge in [-0.25, -0.2) is 0 Å². The molecule has 10 heteroatoms. The number of hydrogen-bond donors (Lipinski definition) is 0. The summed E-state index contributed by atoms with van der Waals surface area (Å²) in [5, 5.41) is 0. The summed E-state index contributed by atoms with van der Waals surface area (Å²) in [5.74, 6) is 0. The maximum atomic E-state index is 0. The summed E-state index contributed by atoms with van der Waals surface area (Å²) in [7, 11) is 0. The molecule has 0 aliphatic rings. The standard InChI is InChI=1S/Al.Co.Li.Mn.Ni.5O/q+3;+2;+1;2*+2;5*-2. The molecule has 60 valence electrons. The van der Waals surface area contributed by atoms with Gasteiger partial charge in [0.15, 0.2) is 0 Å². The van der Waals surface area contributed by atoms with E-state index in [-0.39, 0.29) is 114 Å². The first-order valence-electron chi connectivity index (χ1n) is 0. The van der Waals surface area contributed by atoms with E-state index in [1.165, 1.54) is 0 Å². The van der Waals surface area contributed by atoms with Crippen LogP contribution in [0, 0.1) is 0 Å². The zero-order valence-electron chi connectivity index (χ0n) is 4.65. The summed E-state index contributed by atoms with van der Waals surface area (Å²) < 4.78 is 0. The fourth-order valence-electron chi connectivity index (χ4n) is 0. The van der Waals surface area contributed by atoms with Crippen LogP contribution in [-0.4, -0.2) is 17.4 Å². The SMILES string of the molecule is [Al+3].[Co+2].[Li+].[Mn+2].[Ni+2].[O-2].[O-2].[O-2].[O-2].[O-2]. The molecule has 0 aliphatic carbocycles. The van der Waals surface area contributed by atoms with Gasteiger partial charge >= 0.3 is 86.6 Å². The maximum absolute atomic E-state index is 0. The van der Waals surface area contributed by atoms with Gasteiger partial charge in [0.1, 0.15) is 0 Å². The van der Waals surface area contributed by atoms with Crippen LogP contribution in [0.3, 0.4) is 0 Å². The van der Waals surface area contributed by atoms with Gasteiger partial charge in [0.25, 0.3) is 0 Å². The van der Waals surface area contributed by atoms with Crippen molar-refractivity contribution in [3.05, 3.63) is 0 Å². The Kier molecular flexibility index (Phi) is 5670. The molecular formula is AlCoLiMnNiO5. The van der Waals surface area contributed by atoms with Crippen LogP contribution in [0.5, 0.6) is 0 Å². The third-order valence-corrected chi connectivity index (χ3v) is 0. The molecule has 0 atom stereocenters. The molecule has 0 fully saturated rings. The van der Waals surface area contributed by atoms with Crippen molar-refractivity contribution in [2.75, 3.05) is 0 Å². The predicted molar refractivity (Wildman–Crippen MR) is 9.19 cm³/mol. The smallest absolute Gasteiger partial charge is 2.00 e. The molecule has 10 heavy (non-hydrogen) atoms. The first-order valence-corrected chi connectivity index (χ1v) is 0. The quantitative estimate of drug-likeness (QED) is 0.400. The average molecular weight is 286 g/mol. The topological polar surface area (TPSA) is 142 Å². The van der Waals surface area contributed by atoms with E-state index in [1.54, 1.807) is 0 Å². The van der Waals surface area contributed by atoms with Crippen LogP contribution in [-0.2, 0) is 77.7 Å². The fraction of sp³-hybridized carbons (Fsp3) is 0. The monoisotopic (exact) mass is 286 g/mol. The van der Waals surface area contributed by atoms with Crippen LogP contribution in [0.25, 0.3) is 0 Å². The van der Waals surface area contributed by atoms with Crippen molar-refractivity contribution in [2.24, 2.45) is 0 Å². The molecule has 5 nitrogen and oxygen atoms in total. The second kappa shape index (κ2) is 208. The Hall–Kier alpha value is 2.45. The van der Waals surface area contributed by atoms with Crippen LogP contribution in [0.1, 0.15) is 0 Å². The molecule has 0 aromatic heterocycles. The third kappa shape index (κ3) is 156. The predicted octanol–water partition coefficient (Wildman–Crippen LogP) is -3.98. The minimum atomic E-state index is 0. The number of hydrogen-bond acceptors (Lipinski definition) is 0. The molecule has 0 unspecified atom stereocenters. The van der Waals surface area contributed by atoms with Gasteiger partial charge < -0.3 is 27.4 Å². The Labute approximate surface area is 113 Å². The van der Waals surface area contributed by atoms with Gasteiger partial charge in [-0.3, -0.25) is 0 Å². The summed E-state index contributed by atoms with van der Waals surface area (Å²) in [6.07, 6.45) is 0. The Morgan fingerprint density at radius 1 is 0.600 bits per heavy atom. The van der Waals surface area contributed by atoms with E-state index >= 15 is 0 Å². The molecule has 0 saturated heterocycles. The molecule has 0 amide bonds. The fourth-order valence-corrected chi connectivity index (χ4v) is 0. The Balaban J connectivity index is 0. The molecule has 0 aliphatic heterocycles. The van der Waals surface area contributed by atoms with Gasteiger partial charge in [-0.15, -0.1) is 0 Å². The molecule has 0 bridgehead atoms. The van der Waals surface area contributed by atoms with Crippen molar-refractivity contribution in [3.8, 4) is 0 Å². The summed E-state index contributed by atoms with van der Waals surface area (Å²) in [6.45, 7) is 0. The van der Waals surface area contributed by atoms with E-state index < -0.39 is 0 Å². The van der Waals surface area contributed by atoms with E-state index in [1.807, 2.05) is 0 Å². The first-order chi connectivity index (χ1) is 0. The van der Waals surface area contributed by atoms with Crippen LogP contribution < -0.4 is 18.9 Å². The van der Waals surface area contributed by atoms with E-state index in [4.69, 9.17) is 0 Å². The van der Waals surface area contributed by atoms with Gasteiger partial charge in [-0.2, -0.15) is 0 Å². The number of rotatable bonds is 0. The van der Waals surface area contributed by atoms with Crippen molar-refractivity contribution < 1.29 is 96.6 Å². The molecule has 0 rings (SSSR count). The maximum Gasteiger partial charge on any atom is 3.00 e. The Bertz CT molecular complexity index is 21.6. The Morgan fingerprint density at radius 3 is 0.600 bits per heavy atom. The second-order valence-corrected chi connectivity index (χ2v) is 0. The van der Waals surface area contributed by atoms with E-state index in [0.717, 1.165) is 0 Å². The molecule has 0 spiro atoms. The summed E-state index contributed by atoms with van der Waals surface area (Å²) in [6, 6.07) is 0. The van der Waals surface area contributed by atoms with Crippen LogP contribution in [0.2, 0.25) is 0 Å². The van der Waals surface area contributed by atoms with Crippen LogP contribution >= 0.6 is 0 Å². The van der Waals surface area contributed by atoms with E-state index in [9.17, 15) is 0 Å². The van der Waals surface area contributed by atoms with Gasteiger partial charge in [-0.1, -0.05) is 0 Å². The molecule has 2 radical (unpaired) electrons. The zero-order valence-corrected chi connectivity index (χ0v) is 9.01. The summed E-state index contributed by atoms with van der Waals surface area (Å²) >= 11 is 0. The van der Waals surface area contributed by atoms with E-state index in [0.29, 0.717) is 0 Å². The minimum absolute atomic E-state index is 0. The molecule has 0 heterocycles. The third-order valence-electron chi connectivity index (χ3n) is 0. The van der Waals surface area contributed by atoms with Gasteiger partial charge in [0.2, 0.25) is 0 Å². The second-order valence-electron chi connectivity index (χ2n) is 0. The average Bonchev–Trinajstić information content (AvgIpc) is 0. The van der Waals surface area contributed by atoms with Gasteiger partial charge in [-0.05, 0) is 0 Å². The van der Waals surface area contributed by atoms with E-state index in [2.05, 4.69) is 0 Å². The Morgan fingerprint density at radius 2 is 0.600 bits per heavy atom. The van der Waals surface area contributed by atoms with Crippen LogP contribution in [0.15, 0.2) is 0 Å². The largest absolute Gasteiger partial charge is 3.00 e. The zero-order chi connectivity index (χ0) is 0. The summed E-state index contributed by atoms with van der Waals surface area (Å²) in [4.78, 5) is 0. The molecule has 0 aromatic rings. The first kappa shape index (κ1) is 272. The normalized spacial score (nSPS) is 0. The molecule has 0 aromatic carbocycles. The molecule has 0 saturated carbocycles. The van der Waals surface area contributed by atoms with Crippen molar-refractivity contribution >= 4 is 17.4 Å². The van der Waals surface area contributed by atoms with Crippen LogP contribution in [0.4, 0.5) is 0 Å². The van der Waals surface area contributed by atoms with Gasteiger partial charge in [0.05, 0.1) is 0 Å². The minimum Gasteiger partial charge on any atom is -2.00 e. The van der Waals surface area contributed by atoms with Crippen molar-refractivity contribution in [2.45, 2.75) is 0 Å². The van der Waals surface area contributed by atoms with Gasteiger partial charge in [0, 0.05) is 0 Å². The molecule has 0 N–H and O–H groups in total. The van der Waals surface area contributed by atoms with Crippen molar-refractivity contribution in [3.63, 3.8) is 0 Å².